The van der Waals surface area contributed by atoms with Crippen LogP contribution in [0.15, 0.2) is 30.9 Å². The number of anilines is 2. The number of nitrogen functional groups attached to an aromatic ring is 1. The van der Waals surface area contributed by atoms with Crippen LogP contribution in [0, 0.1) is 0 Å². The molecule has 1 aromatic rings. The first-order valence-electron chi connectivity index (χ1n) is 5.09. The Morgan fingerprint density at radius 3 is 2.81 bits per heavy atom. The molecule has 4 N–H and O–H groups in total. The molecule has 0 saturated carbocycles. The molecule has 86 valence electrons. The van der Waals surface area contributed by atoms with E-state index < -0.39 is 0 Å². The number of carbonyl (C=O) groups excluding carboxylic acids is 1. The van der Waals surface area contributed by atoms with Gasteiger partial charge in [-0.1, -0.05) is 6.08 Å². The molecule has 1 rings (SSSR count). The van der Waals surface area contributed by atoms with Crippen LogP contribution < -0.4 is 16.4 Å². The van der Waals surface area contributed by atoms with Crippen LogP contribution in [0.1, 0.15) is 17.3 Å². The lowest BCUT2D eigenvalue weighted by molar-refractivity contribution is 0.0964. The van der Waals surface area contributed by atoms with Gasteiger partial charge >= 0.3 is 0 Å². The van der Waals surface area contributed by atoms with Gasteiger partial charge in [0.15, 0.2) is 0 Å². The Morgan fingerprint density at radius 1 is 1.56 bits per heavy atom. The van der Waals surface area contributed by atoms with Crippen LogP contribution in [0.4, 0.5) is 11.4 Å². The van der Waals surface area contributed by atoms with Crippen molar-refractivity contribution in [3.63, 3.8) is 0 Å². The van der Waals surface area contributed by atoms with Gasteiger partial charge in [0.2, 0.25) is 0 Å². The van der Waals surface area contributed by atoms with Crippen LogP contribution >= 0.6 is 0 Å². The lowest BCUT2D eigenvalue weighted by Gasteiger charge is -2.15. The van der Waals surface area contributed by atoms with Gasteiger partial charge in [-0.3, -0.25) is 4.79 Å². The first-order chi connectivity index (χ1) is 7.58. The summed E-state index contributed by atoms with van der Waals surface area (Å²) in [5, 5.41) is 5.74. The minimum absolute atomic E-state index is 0.0743. The number of carbonyl (C=O) groups is 1. The van der Waals surface area contributed by atoms with Crippen molar-refractivity contribution in [2.75, 3.05) is 18.1 Å². The Labute approximate surface area is 95.5 Å². The molecule has 1 atom stereocenters. The lowest BCUT2D eigenvalue weighted by atomic mass is 10.1. The summed E-state index contributed by atoms with van der Waals surface area (Å²) in [4.78, 5) is 11.6. The van der Waals surface area contributed by atoms with Crippen LogP contribution in [-0.2, 0) is 0 Å². The zero-order chi connectivity index (χ0) is 12.1. The highest BCUT2D eigenvalue weighted by molar-refractivity contribution is 6.00. The van der Waals surface area contributed by atoms with E-state index in [9.17, 15) is 4.79 Å². The second-order valence-corrected chi connectivity index (χ2v) is 3.55. The average Bonchev–Trinajstić information content (AvgIpc) is 2.28. The van der Waals surface area contributed by atoms with E-state index in [2.05, 4.69) is 17.2 Å². The normalized spacial score (nSPS) is 11.6. The van der Waals surface area contributed by atoms with Crippen molar-refractivity contribution in [1.82, 2.24) is 5.32 Å². The average molecular weight is 219 g/mol. The van der Waals surface area contributed by atoms with Gasteiger partial charge in [0.1, 0.15) is 0 Å². The fourth-order valence-corrected chi connectivity index (χ4v) is 1.32. The van der Waals surface area contributed by atoms with E-state index in [1.165, 1.54) is 0 Å². The Hall–Kier alpha value is -1.97. The minimum Gasteiger partial charge on any atom is -0.399 e. The summed E-state index contributed by atoms with van der Waals surface area (Å²) < 4.78 is 0. The summed E-state index contributed by atoms with van der Waals surface area (Å²) in [7, 11) is 1.60. The maximum atomic E-state index is 11.6. The number of nitrogens with two attached hydrogens (primary N) is 1. The van der Waals surface area contributed by atoms with Crippen molar-refractivity contribution in [2.45, 2.75) is 13.0 Å². The maximum absolute atomic E-state index is 11.6. The summed E-state index contributed by atoms with van der Waals surface area (Å²) in [5.74, 6) is -0.140. The monoisotopic (exact) mass is 219 g/mol. The first-order valence-corrected chi connectivity index (χ1v) is 5.09. The number of nitrogens with one attached hydrogen (secondary N) is 2. The molecule has 0 radical (unpaired) electrons. The largest absolute Gasteiger partial charge is 0.399 e. The molecule has 0 aliphatic heterocycles. The van der Waals surface area contributed by atoms with E-state index in [4.69, 9.17) is 5.73 Å². The summed E-state index contributed by atoms with van der Waals surface area (Å²) in [6.07, 6.45) is 1.76. The fourth-order valence-electron chi connectivity index (χ4n) is 1.32. The third kappa shape index (κ3) is 2.76. The molecule has 4 heteroatoms. The van der Waals surface area contributed by atoms with Gasteiger partial charge in [-0.05, 0) is 25.1 Å². The Morgan fingerprint density at radius 2 is 2.25 bits per heavy atom. The van der Waals surface area contributed by atoms with Crippen LogP contribution in [0.3, 0.4) is 0 Å². The molecule has 0 aromatic heterocycles. The van der Waals surface area contributed by atoms with Crippen LogP contribution in [0.5, 0.6) is 0 Å². The topological polar surface area (TPSA) is 67.1 Å². The van der Waals surface area contributed by atoms with E-state index in [0.717, 1.165) is 0 Å². The molecule has 16 heavy (non-hydrogen) atoms. The molecule has 0 saturated heterocycles. The molecule has 4 nitrogen and oxygen atoms in total. The van der Waals surface area contributed by atoms with Crippen LogP contribution in [0.2, 0.25) is 0 Å². The van der Waals surface area contributed by atoms with Crippen molar-refractivity contribution in [3.8, 4) is 0 Å². The molecular weight excluding hydrogens is 202 g/mol. The molecule has 0 spiro atoms. The zero-order valence-electron chi connectivity index (χ0n) is 9.58. The van der Waals surface area contributed by atoms with Gasteiger partial charge in [0.05, 0.1) is 5.56 Å². The number of hydrogen-bond donors (Lipinski definition) is 3. The molecular formula is C12H17N3O. The van der Waals surface area contributed by atoms with Gasteiger partial charge < -0.3 is 16.4 Å². The number of benzene rings is 1. The quantitative estimate of drug-likeness (QED) is 0.532. The number of hydrogen-bond acceptors (Lipinski definition) is 3. The summed E-state index contributed by atoms with van der Waals surface area (Å²) >= 11 is 0. The second-order valence-electron chi connectivity index (χ2n) is 3.55. The highest BCUT2D eigenvalue weighted by Crippen LogP contribution is 2.20. The van der Waals surface area contributed by atoms with E-state index >= 15 is 0 Å². The highest BCUT2D eigenvalue weighted by Gasteiger charge is 2.10. The van der Waals surface area contributed by atoms with E-state index in [-0.39, 0.29) is 11.9 Å². The molecule has 0 heterocycles. The summed E-state index contributed by atoms with van der Waals surface area (Å²) in [6, 6.07) is 5.22. The Kier molecular flexibility index (Phi) is 3.94. The number of rotatable bonds is 4. The van der Waals surface area contributed by atoms with Gasteiger partial charge in [-0.15, -0.1) is 6.58 Å². The van der Waals surface area contributed by atoms with Crippen molar-refractivity contribution < 1.29 is 4.79 Å². The zero-order valence-corrected chi connectivity index (χ0v) is 9.58. The third-order valence-corrected chi connectivity index (χ3v) is 2.25. The van der Waals surface area contributed by atoms with Crippen LogP contribution in [-0.4, -0.2) is 19.0 Å². The number of amides is 1. The summed E-state index contributed by atoms with van der Waals surface area (Å²) in [6.45, 7) is 5.63. The molecule has 0 aliphatic rings. The Balaban J connectivity index is 3.07. The predicted octanol–water partition coefficient (Wildman–Crippen LogP) is 1.61. The summed E-state index contributed by atoms with van der Waals surface area (Å²) in [5.41, 5.74) is 7.59. The fraction of sp³-hybridized carbons (Fsp3) is 0.250. The highest BCUT2D eigenvalue weighted by atomic mass is 16.1. The van der Waals surface area contributed by atoms with E-state index in [1.807, 2.05) is 6.92 Å². The van der Waals surface area contributed by atoms with Gasteiger partial charge in [-0.25, -0.2) is 0 Å². The van der Waals surface area contributed by atoms with E-state index in [1.54, 1.807) is 31.3 Å². The van der Waals surface area contributed by atoms with Gasteiger partial charge in [-0.2, -0.15) is 0 Å². The Bertz CT molecular complexity index is 401. The van der Waals surface area contributed by atoms with E-state index in [0.29, 0.717) is 16.9 Å². The molecule has 0 bridgehead atoms. The smallest absolute Gasteiger partial charge is 0.253 e. The van der Waals surface area contributed by atoms with Crippen molar-refractivity contribution in [2.24, 2.45) is 0 Å². The van der Waals surface area contributed by atoms with Gasteiger partial charge in [0.25, 0.3) is 5.91 Å². The van der Waals surface area contributed by atoms with Crippen molar-refractivity contribution in [3.05, 3.63) is 36.4 Å². The molecule has 0 aliphatic carbocycles. The molecule has 1 aromatic carbocycles. The molecule has 1 unspecified atom stereocenters. The van der Waals surface area contributed by atoms with Crippen LogP contribution in [0.25, 0.3) is 0 Å². The third-order valence-electron chi connectivity index (χ3n) is 2.25. The maximum Gasteiger partial charge on any atom is 0.253 e. The minimum atomic E-state index is -0.140. The molecule has 0 fully saturated rings. The second kappa shape index (κ2) is 5.21. The molecule has 1 amide bonds. The van der Waals surface area contributed by atoms with Crippen molar-refractivity contribution in [1.29, 1.82) is 0 Å². The standard InChI is InChI=1S/C12H17N3O/c1-4-8(2)15-11-7-9(13)5-6-10(11)12(16)14-3/h4-8,15H,1,13H2,2-3H3,(H,14,16). The SMILES string of the molecule is C=CC(C)Nc1cc(N)ccc1C(=O)NC. The van der Waals surface area contributed by atoms with Gasteiger partial charge in [0, 0.05) is 24.5 Å². The predicted molar refractivity (Wildman–Crippen MR) is 67.5 cm³/mol. The van der Waals surface area contributed by atoms with Crippen molar-refractivity contribution >= 4 is 17.3 Å². The first kappa shape index (κ1) is 12.1. The lowest BCUT2D eigenvalue weighted by Crippen LogP contribution is -2.21.